The number of nitrogens with one attached hydrogen (secondary N) is 2. The fourth-order valence-electron chi connectivity index (χ4n) is 3.79. The number of thiazole rings is 2. The fraction of sp³-hybridized carbons (Fsp3) is 0.545. The topological polar surface area (TPSA) is 194 Å². The van der Waals surface area contributed by atoms with Crippen molar-refractivity contribution in [1.82, 2.24) is 29.9 Å². The van der Waals surface area contributed by atoms with E-state index in [9.17, 15) is 10.2 Å². The number of thioether (sulfide) groups is 2. The predicted molar refractivity (Wildman–Crippen MR) is 159 cm³/mol. The zero-order valence-corrected chi connectivity index (χ0v) is 24.6. The van der Waals surface area contributed by atoms with Gasteiger partial charge in [-0.05, 0) is 18.8 Å². The van der Waals surface area contributed by atoms with Crippen LogP contribution in [-0.4, -0.2) is 70.5 Å². The van der Waals surface area contributed by atoms with Crippen LogP contribution in [0, 0.1) is 5.92 Å². The molecule has 0 fully saturated rings. The van der Waals surface area contributed by atoms with Crippen molar-refractivity contribution in [2.75, 3.05) is 40.4 Å². The molecule has 0 aliphatic rings. The number of aliphatic hydroxyl groups excluding tert-OH is 2. The smallest absolute Gasteiger partial charge is 0.192 e. The molecule has 0 spiro atoms. The van der Waals surface area contributed by atoms with Crippen molar-refractivity contribution >= 4 is 88.8 Å². The van der Waals surface area contributed by atoms with Gasteiger partial charge in [-0.15, -0.1) is 0 Å². The van der Waals surface area contributed by atoms with E-state index in [1.807, 2.05) is 0 Å². The van der Waals surface area contributed by atoms with Crippen LogP contribution >= 0.6 is 46.2 Å². The Morgan fingerprint density at radius 1 is 0.789 bits per heavy atom. The number of anilines is 4. The predicted octanol–water partition coefficient (Wildman–Crippen LogP) is 3.88. The van der Waals surface area contributed by atoms with Gasteiger partial charge in [-0.3, -0.25) is 0 Å². The van der Waals surface area contributed by atoms with Crippen LogP contribution in [0.3, 0.4) is 0 Å². The lowest BCUT2D eigenvalue weighted by Crippen LogP contribution is -2.26. The number of nitrogens with zero attached hydrogens (tertiary/aromatic N) is 6. The highest BCUT2D eigenvalue weighted by Gasteiger charge is 2.19. The highest BCUT2D eigenvalue weighted by Crippen LogP contribution is 2.35. The number of aliphatic hydroxyl groups is 2. The molecular formula is C22H32N10O2S4. The molecule has 0 bridgehead atoms. The van der Waals surface area contributed by atoms with Crippen LogP contribution in [-0.2, 0) is 0 Å². The summed E-state index contributed by atoms with van der Waals surface area (Å²) in [5.41, 5.74) is 12.9. The Hall–Kier alpha value is -2.24. The van der Waals surface area contributed by atoms with Crippen LogP contribution < -0.4 is 22.1 Å². The third-order valence-electron chi connectivity index (χ3n) is 5.39. The molecule has 38 heavy (non-hydrogen) atoms. The van der Waals surface area contributed by atoms with Crippen LogP contribution in [0.1, 0.15) is 40.0 Å². The summed E-state index contributed by atoms with van der Waals surface area (Å²) in [5.74, 6) is 1.64. The summed E-state index contributed by atoms with van der Waals surface area (Å²) in [7, 11) is 0. The molecule has 2 atom stereocenters. The summed E-state index contributed by atoms with van der Waals surface area (Å²) >= 11 is 5.48. The van der Waals surface area contributed by atoms with Crippen molar-refractivity contribution in [1.29, 1.82) is 0 Å². The lowest BCUT2D eigenvalue weighted by atomic mass is 10.0. The Kier molecular flexibility index (Phi) is 10.00. The van der Waals surface area contributed by atoms with E-state index in [1.165, 1.54) is 46.2 Å². The molecule has 4 aromatic rings. The van der Waals surface area contributed by atoms with Gasteiger partial charge < -0.3 is 32.3 Å². The molecule has 0 aliphatic heterocycles. The lowest BCUT2D eigenvalue weighted by molar-refractivity contribution is 0.259. The van der Waals surface area contributed by atoms with Crippen LogP contribution in [0.25, 0.3) is 20.7 Å². The second-order valence-electron chi connectivity index (χ2n) is 8.99. The van der Waals surface area contributed by atoms with E-state index < -0.39 is 0 Å². The minimum Gasteiger partial charge on any atom is -0.394 e. The zero-order valence-electron chi connectivity index (χ0n) is 21.3. The van der Waals surface area contributed by atoms with E-state index in [0.29, 0.717) is 54.5 Å². The van der Waals surface area contributed by atoms with Crippen LogP contribution in [0.15, 0.2) is 10.3 Å². The molecule has 12 nitrogen and oxygen atoms in total. The van der Waals surface area contributed by atoms with E-state index in [4.69, 9.17) is 16.5 Å². The first kappa shape index (κ1) is 28.8. The molecule has 4 heterocycles. The van der Waals surface area contributed by atoms with E-state index in [-0.39, 0.29) is 25.3 Å². The van der Waals surface area contributed by atoms with Crippen LogP contribution in [0.4, 0.5) is 21.9 Å². The van der Waals surface area contributed by atoms with Gasteiger partial charge in [0.1, 0.15) is 9.40 Å². The first-order chi connectivity index (χ1) is 18.3. The molecule has 0 radical (unpaired) electrons. The Bertz CT molecular complexity index is 1370. The summed E-state index contributed by atoms with van der Waals surface area (Å²) in [6, 6.07) is -0.264. The highest BCUT2D eigenvalue weighted by molar-refractivity contribution is 8.15. The van der Waals surface area contributed by atoms with Gasteiger partial charge >= 0.3 is 0 Å². The minimum absolute atomic E-state index is 0.00241. The standard InChI is InChI=1S/C22H32N10O2S4/c1-4-5-11(7-33)25-15-13-17(27-19(23)37-13)31-21(29-15)35-9-36-22-30-16(26-12(8-34)6-10(2)3)14-18(32-22)28-20(24)38-14/h10-12,33-34H,4-9H2,1-3H3,(H3,23,25,27,29,31)(H3,24,26,28,30,32)/t11-,12-/m1/s1. The molecule has 0 aromatic carbocycles. The largest absolute Gasteiger partial charge is 0.394 e. The maximum absolute atomic E-state index is 9.85. The number of hydrogen-bond donors (Lipinski definition) is 6. The number of rotatable bonds is 14. The zero-order chi connectivity index (χ0) is 27.2. The average molecular weight is 597 g/mol. The molecule has 8 N–H and O–H groups in total. The van der Waals surface area contributed by atoms with Crippen molar-refractivity contribution in [3.05, 3.63) is 0 Å². The summed E-state index contributed by atoms with van der Waals surface area (Å²) < 4.78 is 1.53. The van der Waals surface area contributed by atoms with Crippen LogP contribution in [0.5, 0.6) is 0 Å². The number of aromatic nitrogens is 6. The van der Waals surface area contributed by atoms with Gasteiger partial charge in [-0.1, -0.05) is 73.4 Å². The molecule has 0 aliphatic carbocycles. The fourth-order valence-corrected chi connectivity index (χ4v) is 6.94. The van der Waals surface area contributed by atoms with Gasteiger partial charge in [0.05, 0.1) is 30.4 Å². The number of nitrogens with two attached hydrogens (primary N) is 2. The van der Waals surface area contributed by atoms with E-state index in [0.717, 1.165) is 28.7 Å². The Balaban J connectivity index is 1.52. The van der Waals surface area contributed by atoms with Gasteiger partial charge in [0.2, 0.25) is 0 Å². The molecule has 4 rings (SSSR count). The van der Waals surface area contributed by atoms with Crippen molar-refractivity contribution in [3.8, 4) is 0 Å². The minimum atomic E-state index is -0.143. The summed E-state index contributed by atoms with van der Waals surface area (Å²) in [6.45, 7) is 6.27. The van der Waals surface area contributed by atoms with Gasteiger partial charge in [0.25, 0.3) is 0 Å². The normalized spacial score (nSPS) is 13.4. The summed E-state index contributed by atoms with van der Waals surface area (Å²) in [4.78, 5) is 27.2. The molecule has 4 aromatic heterocycles. The monoisotopic (exact) mass is 596 g/mol. The van der Waals surface area contributed by atoms with E-state index >= 15 is 0 Å². The molecular weight excluding hydrogens is 565 g/mol. The Morgan fingerprint density at radius 3 is 1.74 bits per heavy atom. The lowest BCUT2D eigenvalue weighted by Gasteiger charge is -2.19. The Morgan fingerprint density at radius 2 is 1.29 bits per heavy atom. The number of fused-ring (bicyclic) bond motifs is 2. The van der Waals surface area contributed by atoms with Crippen molar-refractivity contribution in [2.24, 2.45) is 5.92 Å². The first-order valence-corrected chi connectivity index (χ1v) is 15.8. The SMILES string of the molecule is CCC[C@H](CO)Nc1nc(SCSc2nc(N[C@@H](CO)CC(C)C)c3sc(N)nc3n2)nc2nc(N)sc12. The first-order valence-electron chi connectivity index (χ1n) is 12.2. The second kappa shape index (κ2) is 13.2. The third kappa shape index (κ3) is 7.24. The van der Waals surface area contributed by atoms with Gasteiger partial charge in [0.15, 0.2) is 43.5 Å². The quantitative estimate of drug-likeness (QED) is 0.0697. The van der Waals surface area contributed by atoms with Crippen molar-refractivity contribution in [2.45, 2.75) is 62.4 Å². The van der Waals surface area contributed by atoms with Crippen LogP contribution in [0.2, 0.25) is 0 Å². The van der Waals surface area contributed by atoms with E-state index in [1.54, 1.807) is 0 Å². The molecule has 0 saturated carbocycles. The number of hydrogen-bond acceptors (Lipinski definition) is 16. The third-order valence-corrected chi connectivity index (χ3v) is 8.98. The summed E-state index contributed by atoms with van der Waals surface area (Å²) in [5, 5.41) is 28.7. The maximum atomic E-state index is 9.85. The van der Waals surface area contributed by atoms with Crippen molar-refractivity contribution in [3.63, 3.8) is 0 Å². The average Bonchev–Trinajstić information content (AvgIpc) is 3.44. The van der Waals surface area contributed by atoms with Crippen molar-refractivity contribution < 1.29 is 10.2 Å². The van der Waals surface area contributed by atoms with Gasteiger partial charge in [0, 0.05) is 0 Å². The highest BCUT2D eigenvalue weighted by atomic mass is 32.2. The maximum Gasteiger partial charge on any atom is 0.192 e. The molecule has 206 valence electrons. The molecule has 0 unspecified atom stereocenters. The van der Waals surface area contributed by atoms with Gasteiger partial charge in [-0.2, -0.15) is 0 Å². The van der Waals surface area contributed by atoms with Gasteiger partial charge in [-0.25, -0.2) is 29.9 Å². The molecule has 0 amide bonds. The van der Waals surface area contributed by atoms with E-state index in [2.05, 4.69) is 56.3 Å². The number of nitrogen functional groups attached to an aromatic ring is 2. The summed E-state index contributed by atoms with van der Waals surface area (Å²) in [6.07, 6.45) is 2.53. The second-order valence-corrected chi connectivity index (χ2v) is 13.3. The molecule has 16 heteroatoms. The Labute approximate surface area is 236 Å². The molecule has 0 saturated heterocycles.